The maximum absolute atomic E-state index is 12.9. The molecule has 1 heterocycles. The normalized spacial score (nSPS) is 31.5. The lowest BCUT2D eigenvalue weighted by Gasteiger charge is -2.45. The van der Waals surface area contributed by atoms with Crippen LogP contribution in [0.25, 0.3) is 0 Å². The molecule has 1 N–H and O–H groups in total. The summed E-state index contributed by atoms with van der Waals surface area (Å²) >= 11 is 5.73. The molecule has 4 nitrogen and oxygen atoms in total. The molecular weight excluding hydrogens is 276 g/mol. The molecule has 1 saturated heterocycles. The Hall–Kier alpha value is -1.03. The zero-order valence-electron chi connectivity index (χ0n) is 12.4. The fourth-order valence-corrected chi connectivity index (χ4v) is 3.03. The molecule has 20 heavy (non-hydrogen) atoms. The van der Waals surface area contributed by atoms with E-state index in [0.717, 1.165) is 24.8 Å². The van der Waals surface area contributed by atoms with Crippen LogP contribution in [0.1, 0.15) is 46.5 Å². The van der Waals surface area contributed by atoms with Gasteiger partial charge in [-0.15, -0.1) is 0 Å². The number of hydrogen-bond acceptors (Lipinski definition) is 2. The van der Waals surface area contributed by atoms with Crippen LogP contribution in [0.2, 0.25) is 0 Å². The van der Waals surface area contributed by atoms with Crippen molar-refractivity contribution >= 4 is 23.4 Å². The van der Waals surface area contributed by atoms with Crippen LogP contribution in [0.3, 0.4) is 0 Å². The molecule has 2 rings (SSSR count). The van der Waals surface area contributed by atoms with Crippen molar-refractivity contribution in [3.63, 3.8) is 0 Å². The highest BCUT2D eigenvalue weighted by Gasteiger charge is 2.54. The van der Waals surface area contributed by atoms with E-state index in [1.807, 2.05) is 20.8 Å². The Morgan fingerprint density at radius 2 is 2.15 bits per heavy atom. The molecule has 1 aliphatic heterocycles. The number of nitrogens with one attached hydrogen (secondary N) is 1. The first-order valence-corrected chi connectivity index (χ1v) is 7.76. The van der Waals surface area contributed by atoms with Gasteiger partial charge in [-0.2, -0.15) is 0 Å². The second kappa shape index (κ2) is 5.76. The van der Waals surface area contributed by atoms with Crippen LogP contribution in [0.4, 0.5) is 0 Å². The van der Waals surface area contributed by atoms with Gasteiger partial charge in [0.1, 0.15) is 11.6 Å². The molecule has 1 saturated carbocycles. The van der Waals surface area contributed by atoms with E-state index in [4.69, 9.17) is 11.6 Å². The van der Waals surface area contributed by atoms with E-state index >= 15 is 0 Å². The molecule has 2 unspecified atom stereocenters. The summed E-state index contributed by atoms with van der Waals surface area (Å²) in [6.45, 7) is 6.20. The highest BCUT2D eigenvalue weighted by atomic mass is 35.5. The molecule has 0 bridgehead atoms. The van der Waals surface area contributed by atoms with Gasteiger partial charge in [0, 0.05) is 12.1 Å². The van der Waals surface area contributed by atoms with Crippen LogP contribution in [0, 0.1) is 5.92 Å². The van der Waals surface area contributed by atoms with Gasteiger partial charge in [-0.1, -0.05) is 24.9 Å². The summed E-state index contributed by atoms with van der Waals surface area (Å²) in [6, 6.07) is -0.370. The summed E-state index contributed by atoms with van der Waals surface area (Å²) < 4.78 is 0. The van der Waals surface area contributed by atoms with E-state index in [9.17, 15) is 9.59 Å². The third-order valence-electron chi connectivity index (χ3n) is 4.33. The minimum Gasteiger partial charge on any atom is -0.340 e. The minimum atomic E-state index is -0.728. The highest BCUT2D eigenvalue weighted by molar-refractivity contribution is 6.25. The van der Waals surface area contributed by atoms with E-state index in [1.54, 1.807) is 4.90 Å². The topological polar surface area (TPSA) is 49.4 Å². The van der Waals surface area contributed by atoms with Crippen molar-refractivity contribution in [3.05, 3.63) is 11.1 Å². The first kappa shape index (κ1) is 15.4. The molecule has 0 spiro atoms. The van der Waals surface area contributed by atoms with Gasteiger partial charge in [0.15, 0.2) is 0 Å². The summed E-state index contributed by atoms with van der Waals surface area (Å²) in [7, 11) is 0. The molecular formula is C15H23ClN2O2. The van der Waals surface area contributed by atoms with E-state index in [1.165, 1.54) is 5.54 Å². The standard InChI is InChI=1S/C15H23ClN2O2/c1-4-5-12-13(19)17-15(3,11-6-7-11)14(20)18(12)9-10(2)8-16/h8,11-12H,4-7,9H2,1-3H3,(H,17,19). The van der Waals surface area contributed by atoms with Crippen LogP contribution in [0.15, 0.2) is 11.1 Å². The number of rotatable bonds is 5. The van der Waals surface area contributed by atoms with Gasteiger partial charge in [-0.05, 0) is 44.6 Å². The molecule has 5 heteroatoms. The van der Waals surface area contributed by atoms with Crippen molar-refractivity contribution in [3.8, 4) is 0 Å². The summed E-state index contributed by atoms with van der Waals surface area (Å²) in [6.07, 6.45) is 3.58. The van der Waals surface area contributed by atoms with Crippen LogP contribution in [-0.2, 0) is 9.59 Å². The van der Waals surface area contributed by atoms with E-state index in [-0.39, 0.29) is 23.8 Å². The molecule has 0 radical (unpaired) electrons. The van der Waals surface area contributed by atoms with Crippen molar-refractivity contribution < 1.29 is 9.59 Å². The highest BCUT2D eigenvalue weighted by Crippen LogP contribution is 2.42. The van der Waals surface area contributed by atoms with Crippen molar-refractivity contribution in [2.75, 3.05) is 6.54 Å². The summed E-state index contributed by atoms with van der Waals surface area (Å²) in [4.78, 5) is 27.0. The van der Waals surface area contributed by atoms with Crippen LogP contribution in [-0.4, -0.2) is 34.8 Å². The van der Waals surface area contributed by atoms with E-state index in [0.29, 0.717) is 13.0 Å². The number of piperazine rings is 1. The van der Waals surface area contributed by atoms with Crippen molar-refractivity contribution in [2.45, 2.75) is 58.0 Å². The van der Waals surface area contributed by atoms with Gasteiger partial charge in [0.05, 0.1) is 0 Å². The molecule has 0 aromatic heterocycles. The molecule has 2 fully saturated rings. The maximum Gasteiger partial charge on any atom is 0.249 e. The second-order valence-corrected chi connectivity index (χ2v) is 6.38. The lowest BCUT2D eigenvalue weighted by molar-refractivity contribution is -0.155. The van der Waals surface area contributed by atoms with E-state index < -0.39 is 5.54 Å². The first-order valence-electron chi connectivity index (χ1n) is 7.33. The molecule has 2 amide bonds. The van der Waals surface area contributed by atoms with Crippen LogP contribution < -0.4 is 5.32 Å². The smallest absolute Gasteiger partial charge is 0.249 e. The first-order chi connectivity index (χ1) is 9.43. The maximum atomic E-state index is 12.9. The summed E-state index contributed by atoms with van der Waals surface area (Å²) in [5, 5.41) is 2.98. The Balaban J connectivity index is 2.28. The van der Waals surface area contributed by atoms with Crippen LogP contribution in [0.5, 0.6) is 0 Å². The lowest BCUT2D eigenvalue weighted by Crippen LogP contribution is -2.70. The van der Waals surface area contributed by atoms with E-state index in [2.05, 4.69) is 5.32 Å². The fourth-order valence-electron chi connectivity index (χ4n) is 2.96. The summed E-state index contributed by atoms with van der Waals surface area (Å²) in [5.74, 6) is 0.295. The fraction of sp³-hybridized carbons (Fsp3) is 0.733. The zero-order chi connectivity index (χ0) is 14.9. The predicted molar refractivity (Wildman–Crippen MR) is 79.3 cm³/mol. The minimum absolute atomic E-state index is 0.0248. The van der Waals surface area contributed by atoms with Crippen molar-refractivity contribution in [2.24, 2.45) is 5.92 Å². The Bertz CT molecular complexity index is 445. The third kappa shape index (κ3) is 2.71. The number of carbonyl (C=O) groups excluding carboxylic acids is 2. The number of amides is 2. The Kier molecular flexibility index (Phi) is 4.43. The van der Waals surface area contributed by atoms with Gasteiger partial charge in [-0.25, -0.2) is 0 Å². The number of hydrogen-bond donors (Lipinski definition) is 1. The van der Waals surface area contributed by atoms with Crippen molar-refractivity contribution in [1.29, 1.82) is 0 Å². The van der Waals surface area contributed by atoms with Crippen molar-refractivity contribution in [1.82, 2.24) is 10.2 Å². The monoisotopic (exact) mass is 298 g/mol. The molecule has 1 aliphatic carbocycles. The lowest BCUT2D eigenvalue weighted by atomic mass is 9.88. The van der Waals surface area contributed by atoms with Crippen LogP contribution >= 0.6 is 11.6 Å². The van der Waals surface area contributed by atoms with Gasteiger partial charge < -0.3 is 10.2 Å². The second-order valence-electron chi connectivity index (χ2n) is 6.16. The average molecular weight is 299 g/mol. The quantitative estimate of drug-likeness (QED) is 0.847. The Morgan fingerprint density at radius 1 is 1.50 bits per heavy atom. The number of carbonyl (C=O) groups is 2. The Labute approximate surface area is 125 Å². The average Bonchev–Trinajstić information content (AvgIpc) is 3.24. The molecule has 0 aromatic carbocycles. The van der Waals surface area contributed by atoms with Gasteiger partial charge in [0.2, 0.25) is 11.8 Å². The Morgan fingerprint density at radius 3 is 2.65 bits per heavy atom. The molecule has 2 atom stereocenters. The zero-order valence-corrected chi connectivity index (χ0v) is 13.2. The van der Waals surface area contributed by atoms with Gasteiger partial charge in [-0.3, -0.25) is 9.59 Å². The number of halogens is 1. The van der Waals surface area contributed by atoms with Gasteiger partial charge in [0.25, 0.3) is 0 Å². The third-order valence-corrected chi connectivity index (χ3v) is 4.70. The molecule has 112 valence electrons. The molecule has 0 aromatic rings. The van der Waals surface area contributed by atoms with Gasteiger partial charge >= 0.3 is 0 Å². The summed E-state index contributed by atoms with van der Waals surface area (Å²) in [5.41, 5.74) is 1.65. The SMILES string of the molecule is CCCC1C(=O)NC(C)(C2CC2)C(=O)N1CC(C)=CCl. The number of nitrogens with zero attached hydrogens (tertiary/aromatic N) is 1. The predicted octanol–water partition coefficient (Wildman–Crippen LogP) is 2.42. The molecule has 2 aliphatic rings. The largest absolute Gasteiger partial charge is 0.340 e.